The topological polar surface area (TPSA) is 61.2 Å². The summed E-state index contributed by atoms with van der Waals surface area (Å²) >= 11 is 0. The molecule has 0 fully saturated rings. The van der Waals surface area contributed by atoms with Crippen LogP contribution in [0.5, 0.6) is 0 Å². The van der Waals surface area contributed by atoms with Crippen molar-refractivity contribution in [2.24, 2.45) is 0 Å². The second kappa shape index (κ2) is 4.61. The molecular weight excluding hydrogens is 220 g/mol. The van der Waals surface area contributed by atoms with E-state index in [1.165, 1.54) is 23.9 Å². The predicted molar refractivity (Wildman–Crippen MR) is 61.2 cm³/mol. The molecule has 0 spiro atoms. The third-order valence-electron chi connectivity index (χ3n) is 2.24. The minimum Gasteiger partial charge on any atom is -0.465 e. The molecule has 2 aromatic rings. The zero-order chi connectivity index (χ0) is 12.3. The van der Waals surface area contributed by atoms with E-state index in [0.717, 1.165) is 0 Å². The van der Waals surface area contributed by atoms with Crippen molar-refractivity contribution in [2.75, 3.05) is 7.11 Å². The molecule has 0 bridgehead atoms. The monoisotopic (exact) mass is 230 g/mol. The Bertz CT molecular complexity index is 587. The Labute approximate surface area is 97.3 Å². The molecule has 2 aromatic heterocycles. The van der Waals surface area contributed by atoms with Crippen LogP contribution in [0.1, 0.15) is 10.4 Å². The van der Waals surface area contributed by atoms with Crippen LogP contribution >= 0.6 is 0 Å². The zero-order valence-corrected chi connectivity index (χ0v) is 9.16. The number of methoxy groups -OCH3 is 1. The summed E-state index contributed by atoms with van der Waals surface area (Å²) in [6.45, 7) is 0. The third-order valence-corrected chi connectivity index (χ3v) is 2.24. The number of rotatable bonds is 2. The molecule has 0 N–H and O–H groups in total. The summed E-state index contributed by atoms with van der Waals surface area (Å²) in [5, 5.41) is 0. The Morgan fingerprint density at radius 2 is 2.12 bits per heavy atom. The van der Waals surface area contributed by atoms with E-state index in [9.17, 15) is 9.59 Å². The zero-order valence-electron chi connectivity index (χ0n) is 9.16. The van der Waals surface area contributed by atoms with Crippen molar-refractivity contribution in [1.29, 1.82) is 0 Å². The summed E-state index contributed by atoms with van der Waals surface area (Å²) in [5.74, 6) is 0.00714. The Morgan fingerprint density at radius 1 is 1.29 bits per heavy atom. The van der Waals surface area contributed by atoms with Gasteiger partial charge in [0.1, 0.15) is 5.82 Å². The molecule has 0 unspecified atom stereocenters. The summed E-state index contributed by atoms with van der Waals surface area (Å²) in [4.78, 5) is 26.8. The average molecular weight is 230 g/mol. The van der Waals surface area contributed by atoms with E-state index < -0.39 is 5.97 Å². The predicted octanol–water partition coefficient (Wildman–Crippen LogP) is 1.02. The lowest BCUT2D eigenvalue weighted by Gasteiger charge is -2.04. The lowest BCUT2D eigenvalue weighted by Crippen LogP contribution is -2.17. The summed E-state index contributed by atoms with van der Waals surface area (Å²) in [6.07, 6.45) is 2.99. The van der Waals surface area contributed by atoms with Crippen molar-refractivity contribution in [3.63, 3.8) is 0 Å². The quantitative estimate of drug-likeness (QED) is 0.722. The first-order valence-electron chi connectivity index (χ1n) is 4.95. The van der Waals surface area contributed by atoms with Gasteiger partial charge < -0.3 is 4.74 Å². The van der Waals surface area contributed by atoms with E-state index in [2.05, 4.69) is 9.72 Å². The molecule has 2 rings (SSSR count). The van der Waals surface area contributed by atoms with Crippen molar-refractivity contribution in [1.82, 2.24) is 9.55 Å². The second-order valence-electron chi connectivity index (χ2n) is 3.31. The van der Waals surface area contributed by atoms with Gasteiger partial charge in [-0.3, -0.25) is 9.36 Å². The van der Waals surface area contributed by atoms with Gasteiger partial charge in [-0.05, 0) is 18.2 Å². The van der Waals surface area contributed by atoms with Crippen LogP contribution in [-0.2, 0) is 4.74 Å². The molecule has 0 aliphatic rings. The molecule has 86 valence electrons. The van der Waals surface area contributed by atoms with Gasteiger partial charge >= 0.3 is 5.97 Å². The molecule has 0 aliphatic carbocycles. The molecule has 0 radical (unpaired) electrons. The van der Waals surface area contributed by atoms with Crippen LogP contribution in [0.3, 0.4) is 0 Å². The number of esters is 1. The number of nitrogens with zero attached hydrogens (tertiary/aromatic N) is 2. The standard InChI is InChI=1S/C12H10N2O3/c1-17-12(16)9-5-6-10(13-8-9)14-7-3-2-4-11(14)15/h2-8H,1H3. The molecule has 0 atom stereocenters. The highest BCUT2D eigenvalue weighted by Crippen LogP contribution is 2.04. The number of pyridine rings is 2. The highest BCUT2D eigenvalue weighted by Gasteiger charge is 2.06. The summed E-state index contributed by atoms with van der Waals surface area (Å²) in [5.41, 5.74) is 0.172. The first kappa shape index (κ1) is 11.1. The second-order valence-corrected chi connectivity index (χ2v) is 3.31. The normalized spacial score (nSPS) is 9.94. The van der Waals surface area contributed by atoms with Gasteiger partial charge in [0.15, 0.2) is 0 Å². The van der Waals surface area contributed by atoms with Crippen molar-refractivity contribution >= 4 is 5.97 Å². The Morgan fingerprint density at radius 3 is 2.71 bits per heavy atom. The fourth-order valence-corrected chi connectivity index (χ4v) is 1.38. The van der Waals surface area contributed by atoms with Crippen LogP contribution in [0, 0.1) is 0 Å². The average Bonchev–Trinajstić information content (AvgIpc) is 2.39. The van der Waals surface area contributed by atoms with Gasteiger partial charge in [0, 0.05) is 18.5 Å². The van der Waals surface area contributed by atoms with Crippen LogP contribution < -0.4 is 5.56 Å². The van der Waals surface area contributed by atoms with Crippen molar-refractivity contribution in [2.45, 2.75) is 0 Å². The maximum Gasteiger partial charge on any atom is 0.339 e. The number of hydrogen-bond acceptors (Lipinski definition) is 4. The maximum absolute atomic E-state index is 11.5. The molecule has 0 saturated carbocycles. The van der Waals surface area contributed by atoms with Crippen LogP contribution in [-0.4, -0.2) is 22.6 Å². The van der Waals surface area contributed by atoms with Gasteiger partial charge in [-0.2, -0.15) is 0 Å². The molecule has 0 aromatic carbocycles. The number of aromatic nitrogens is 2. The van der Waals surface area contributed by atoms with Crippen molar-refractivity contribution < 1.29 is 9.53 Å². The summed E-state index contributed by atoms with van der Waals surface area (Å²) < 4.78 is 5.95. The van der Waals surface area contributed by atoms with Gasteiger partial charge in [-0.1, -0.05) is 6.07 Å². The molecule has 0 amide bonds. The molecule has 5 nitrogen and oxygen atoms in total. The van der Waals surface area contributed by atoms with E-state index in [1.54, 1.807) is 30.5 Å². The Balaban J connectivity index is 2.40. The Kier molecular flexibility index (Phi) is 3.00. The first-order chi connectivity index (χ1) is 8.22. The largest absolute Gasteiger partial charge is 0.465 e. The number of ether oxygens (including phenoxy) is 1. The van der Waals surface area contributed by atoms with E-state index in [0.29, 0.717) is 11.4 Å². The highest BCUT2D eigenvalue weighted by molar-refractivity contribution is 5.88. The number of carbonyl (C=O) groups excluding carboxylic acids is 1. The van der Waals surface area contributed by atoms with Crippen LogP contribution in [0.2, 0.25) is 0 Å². The highest BCUT2D eigenvalue weighted by atomic mass is 16.5. The first-order valence-corrected chi connectivity index (χ1v) is 4.95. The lowest BCUT2D eigenvalue weighted by atomic mass is 10.3. The maximum atomic E-state index is 11.5. The molecule has 17 heavy (non-hydrogen) atoms. The minimum atomic E-state index is -0.454. The lowest BCUT2D eigenvalue weighted by molar-refractivity contribution is 0.0600. The smallest absolute Gasteiger partial charge is 0.339 e. The number of carbonyl (C=O) groups is 1. The van der Waals surface area contributed by atoms with E-state index >= 15 is 0 Å². The third kappa shape index (κ3) is 2.23. The SMILES string of the molecule is COC(=O)c1ccc(-n2ccccc2=O)nc1. The summed E-state index contributed by atoms with van der Waals surface area (Å²) in [6, 6.07) is 7.98. The fraction of sp³-hybridized carbons (Fsp3) is 0.0833. The molecular formula is C12H10N2O3. The fourth-order valence-electron chi connectivity index (χ4n) is 1.38. The van der Waals surface area contributed by atoms with Gasteiger partial charge in [0.2, 0.25) is 0 Å². The molecule has 0 aliphatic heterocycles. The number of hydrogen-bond donors (Lipinski definition) is 0. The van der Waals surface area contributed by atoms with Gasteiger partial charge in [0.25, 0.3) is 5.56 Å². The van der Waals surface area contributed by atoms with E-state index in [1.807, 2.05) is 0 Å². The van der Waals surface area contributed by atoms with Gasteiger partial charge in [-0.15, -0.1) is 0 Å². The van der Waals surface area contributed by atoms with Crippen LogP contribution in [0.4, 0.5) is 0 Å². The molecule has 2 heterocycles. The van der Waals surface area contributed by atoms with Gasteiger partial charge in [-0.25, -0.2) is 9.78 Å². The van der Waals surface area contributed by atoms with Gasteiger partial charge in [0.05, 0.1) is 12.7 Å². The Hall–Kier alpha value is -2.43. The van der Waals surface area contributed by atoms with E-state index in [4.69, 9.17) is 0 Å². The van der Waals surface area contributed by atoms with E-state index in [-0.39, 0.29) is 5.56 Å². The summed E-state index contributed by atoms with van der Waals surface area (Å²) in [7, 11) is 1.30. The molecule has 5 heteroatoms. The van der Waals surface area contributed by atoms with Crippen molar-refractivity contribution in [3.8, 4) is 5.82 Å². The molecule has 0 saturated heterocycles. The van der Waals surface area contributed by atoms with Crippen molar-refractivity contribution in [3.05, 3.63) is 58.6 Å². The minimum absolute atomic E-state index is 0.175. The van der Waals surface area contributed by atoms with Crippen LogP contribution in [0.25, 0.3) is 5.82 Å². The van der Waals surface area contributed by atoms with Crippen LogP contribution in [0.15, 0.2) is 47.5 Å².